The smallest absolute Gasteiger partial charge is 0.383 e. The maximum absolute atomic E-state index is 13.7. The number of benzene rings is 3. The maximum atomic E-state index is 13.7. The lowest BCUT2D eigenvalue weighted by Gasteiger charge is -2.25. The van der Waals surface area contributed by atoms with E-state index >= 15 is 0 Å². The second kappa shape index (κ2) is 28.0. The highest BCUT2D eigenvalue weighted by Gasteiger charge is 2.30. The summed E-state index contributed by atoms with van der Waals surface area (Å²) in [5.41, 5.74) is 4.05. The largest absolute Gasteiger partial charge is 0.416 e. The second-order valence-electron chi connectivity index (χ2n) is 17.2. The fourth-order valence-corrected chi connectivity index (χ4v) is 7.11. The summed E-state index contributed by atoms with van der Waals surface area (Å²) in [6, 6.07) is 21.6. The Hall–Kier alpha value is -5.59. The number of anilines is 2. The van der Waals surface area contributed by atoms with E-state index in [-0.39, 0.29) is 23.9 Å². The average Bonchev–Trinajstić information content (AvgIpc) is 3.32. The van der Waals surface area contributed by atoms with E-state index in [9.17, 15) is 27.6 Å². The van der Waals surface area contributed by atoms with E-state index in [0.717, 1.165) is 47.7 Å². The van der Waals surface area contributed by atoms with Gasteiger partial charge in [0.15, 0.2) is 0 Å². The molecular weight excluding hydrogens is 880 g/mol. The van der Waals surface area contributed by atoms with Crippen molar-refractivity contribution in [3.05, 3.63) is 113 Å². The number of hydrogen-bond acceptors (Lipinski definition) is 11. The van der Waals surface area contributed by atoms with Gasteiger partial charge < -0.3 is 44.7 Å². The summed E-state index contributed by atoms with van der Waals surface area (Å²) in [5.74, 6) is -0.601. The van der Waals surface area contributed by atoms with Crippen LogP contribution in [0, 0.1) is 0 Å². The lowest BCUT2D eigenvalue weighted by molar-refractivity contribution is -0.137. The number of aromatic nitrogens is 1. The number of carbonyl (C=O) groups excluding carboxylic acids is 3. The Morgan fingerprint density at radius 2 is 1.37 bits per heavy atom. The van der Waals surface area contributed by atoms with Crippen molar-refractivity contribution in [1.29, 1.82) is 0 Å². The highest BCUT2D eigenvalue weighted by molar-refractivity contribution is 5.96. The van der Waals surface area contributed by atoms with E-state index in [2.05, 4.69) is 44.6 Å². The fourth-order valence-electron chi connectivity index (χ4n) is 7.11. The number of nitrogens with zero attached hydrogens (tertiary/aromatic N) is 4. The van der Waals surface area contributed by atoms with Gasteiger partial charge in [-0.2, -0.15) is 13.2 Å². The Bertz CT molecular complexity index is 2180. The molecule has 17 heteroatoms. The molecule has 3 aromatic carbocycles. The Kier molecular flexibility index (Phi) is 22.7. The number of methoxy groups -OCH3 is 1. The number of likely N-dealkylation sites (N-methyl/N-ethyl adjacent to an activating group) is 1. The number of ether oxygens (including phenoxy) is 4. The van der Waals surface area contributed by atoms with E-state index in [1.807, 2.05) is 57.2 Å². The van der Waals surface area contributed by atoms with Gasteiger partial charge in [0.05, 0.1) is 57.5 Å². The van der Waals surface area contributed by atoms with Gasteiger partial charge in [-0.05, 0) is 100 Å². The van der Waals surface area contributed by atoms with Crippen LogP contribution in [0.4, 0.5) is 24.5 Å². The summed E-state index contributed by atoms with van der Waals surface area (Å²) in [5, 5.41) is 9.16. The number of pyridine rings is 1. The van der Waals surface area contributed by atoms with Crippen molar-refractivity contribution >= 4 is 29.1 Å². The summed E-state index contributed by atoms with van der Waals surface area (Å²) in [4.78, 5) is 49.6. The predicted octanol–water partition coefficient (Wildman–Crippen LogP) is 7.53. The molecule has 0 saturated heterocycles. The molecule has 4 rings (SSSR count). The normalized spacial score (nSPS) is 11.7. The van der Waals surface area contributed by atoms with E-state index in [1.54, 1.807) is 37.3 Å². The number of alkyl halides is 3. The SMILES string of the molecule is CCN(CC)c1ccc(NCc2cccc(C(=O)N(C)CCN(CCOC)CCOCCOCCOCCC(=O)NC(C)(C)C)c2)c(-c2cc(C(=O)NCc3cccc(C(F)(F)F)c3)ccn2)c1. The van der Waals surface area contributed by atoms with E-state index in [0.29, 0.717) is 108 Å². The first-order valence-corrected chi connectivity index (χ1v) is 23.1. The number of rotatable bonds is 29. The Morgan fingerprint density at radius 1 is 0.706 bits per heavy atom. The zero-order valence-electron chi connectivity index (χ0n) is 40.7. The maximum Gasteiger partial charge on any atom is 0.416 e. The molecule has 0 spiro atoms. The molecule has 0 aliphatic carbocycles. The van der Waals surface area contributed by atoms with Gasteiger partial charge in [0.25, 0.3) is 11.8 Å². The highest BCUT2D eigenvalue weighted by atomic mass is 19.4. The van der Waals surface area contributed by atoms with Gasteiger partial charge in [-0.15, -0.1) is 0 Å². The van der Waals surface area contributed by atoms with Crippen LogP contribution in [-0.4, -0.2) is 138 Å². The predicted molar refractivity (Wildman–Crippen MR) is 260 cm³/mol. The van der Waals surface area contributed by atoms with Crippen molar-refractivity contribution in [3.63, 3.8) is 0 Å². The van der Waals surface area contributed by atoms with Crippen LogP contribution in [0.2, 0.25) is 0 Å². The molecule has 14 nitrogen and oxygen atoms in total. The van der Waals surface area contributed by atoms with Crippen LogP contribution in [0.3, 0.4) is 0 Å². The molecule has 1 aromatic heterocycles. The van der Waals surface area contributed by atoms with Crippen LogP contribution in [0.1, 0.15) is 78.4 Å². The van der Waals surface area contributed by atoms with Crippen molar-refractivity contribution in [2.24, 2.45) is 0 Å². The molecule has 0 unspecified atom stereocenters. The van der Waals surface area contributed by atoms with Gasteiger partial charge in [0.2, 0.25) is 5.91 Å². The van der Waals surface area contributed by atoms with E-state index in [4.69, 9.17) is 18.9 Å². The summed E-state index contributed by atoms with van der Waals surface area (Å²) in [7, 11) is 3.45. The second-order valence-corrected chi connectivity index (χ2v) is 17.2. The third-order valence-electron chi connectivity index (χ3n) is 10.8. The summed E-state index contributed by atoms with van der Waals surface area (Å²) < 4.78 is 62.1. The number of carbonyl (C=O) groups is 3. The molecule has 0 atom stereocenters. The number of halogens is 3. The lowest BCUT2D eigenvalue weighted by atomic mass is 10.0. The van der Waals surface area contributed by atoms with Gasteiger partial charge in [-0.1, -0.05) is 24.3 Å². The molecule has 0 aliphatic heterocycles. The van der Waals surface area contributed by atoms with Crippen molar-refractivity contribution in [2.45, 2.75) is 65.8 Å². The monoisotopic (exact) mass is 950 g/mol. The van der Waals surface area contributed by atoms with Gasteiger partial charge in [0, 0.05) is 113 Å². The van der Waals surface area contributed by atoms with Crippen LogP contribution in [0.25, 0.3) is 11.3 Å². The number of hydrogen-bond donors (Lipinski definition) is 3. The van der Waals surface area contributed by atoms with Crippen LogP contribution < -0.4 is 20.9 Å². The van der Waals surface area contributed by atoms with Crippen molar-refractivity contribution in [3.8, 4) is 11.3 Å². The minimum atomic E-state index is -4.49. The van der Waals surface area contributed by atoms with Crippen LogP contribution in [0.5, 0.6) is 0 Å². The first-order valence-electron chi connectivity index (χ1n) is 23.1. The van der Waals surface area contributed by atoms with Gasteiger partial charge in [-0.25, -0.2) is 0 Å². The molecule has 1 heterocycles. The Labute approximate surface area is 399 Å². The van der Waals surface area contributed by atoms with E-state index in [1.165, 1.54) is 18.3 Å². The number of nitrogens with one attached hydrogen (secondary N) is 3. The van der Waals surface area contributed by atoms with Crippen molar-refractivity contribution in [1.82, 2.24) is 25.4 Å². The van der Waals surface area contributed by atoms with Gasteiger partial charge in [0.1, 0.15) is 0 Å². The highest BCUT2D eigenvalue weighted by Crippen LogP contribution is 2.33. The molecular formula is C51H70F3N7O7. The molecule has 0 bridgehead atoms. The molecule has 0 fully saturated rings. The van der Waals surface area contributed by atoms with Gasteiger partial charge >= 0.3 is 6.18 Å². The van der Waals surface area contributed by atoms with E-state index < -0.39 is 17.6 Å². The minimum Gasteiger partial charge on any atom is -0.383 e. The quantitative estimate of drug-likeness (QED) is 0.0465. The third kappa shape index (κ3) is 19.2. The molecule has 4 aromatic rings. The molecule has 3 N–H and O–H groups in total. The zero-order chi connectivity index (χ0) is 49.5. The fraction of sp³-hybridized carbons (Fsp3) is 0.490. The number of amides is 3. The Balaban J connectivity index is 1.31. The Morgan fingerprint density at radius 3 is 2.04 bits per heavy atom. The standard InChI is InChI=1S/C51H70F3N7O7/c1-8-61(9-2)43-16-17-45(44(35-43)46-34-40(18-20-55-46)48(63)57-37-39-13-11-15-42(33-39)51(52,53)54)56-36-38-12-10-14-41(32-38)49(64)59(6)21-22-60(23-26-65-7)24-27-67-29-31-68-30-28-66-25-19-47(62)58-50(3,4)5/h10-18,20,32-35,56H,8-9,19,21-31,36-37H2,1-7H3,(H,57,63)(H,58,62). The minimum absolute atomic E-state index is 0.0430. The van der Waals surface area contributed by atoms with Crippen LogP contribution in [-0.2, 0) is 43.0 Å². The van der Waals surface area contributed by atoms with Crippen LogP contribution in [0.15, 0.2) is 85.1 Å². The molecule has 0 radical (unpaired) electrons. The average molecular weight is 950 g/mol. The third-order valence-corrected chi connectivity index (χ3v) is 10.8. The molecule has 3 amide bonds. The summed E-state index contributed by atoms with van der Waals surface area (Å²) >= 11 is 0. The molecule has 372 valence electrons. The van der Waals surface area contributed by atoms with Gasteiger partial charge in [-0.3, -0.25) is 24.3 Å². The summed E-state index contributed by atoms with van der Waals surface area (Å²) in [6.45, 7) is 17.3. The lowest BCUT2D eigenvalue weighted by Crippen LogP contribution is -2.40. The van der Waals surface area contributed by atoms with Crippen molar-refractivity contribution in [2.75, 3.05) is 110 Å². The van der Waals surface area contributed by atoms with Crippen LogP contribution >= 0.6 is 0 Å². The zero-order valence-corrected chi connectivity index (χ0v) is 40.7. The molecule has 0 aliphatic rings. The molecule has 68 heavy (non-hydrogen) atoms. The first kappa shape index (κ1) is 55.0. The topological polar surface area (TPSA) is 147 Å². The van der Waals surface area contributed by atoms with Crippen molar-refractivity contribution < 1.29 is 46.5 Å². The first-order chi connectivity index (χ1) is 32.5. The summed E-state index contributed by atoms with van der Waals surface area (Å²) in [6.07, 6.45) is -2.64. The molecule has 0 saturated carbocycles.